The van der Waals surface area contributed by atoms with E-state index in [0.29, 0.717) is 4.47 Å². The van der Waals surface area contributed by atoms with Gasteiger partial charge >= 0.3 is 0 Å². The molecule has 0 saturated carbocycles. The maximum Gasteiger partial charge on any atom is 0.241 e. The predicted molar refractivity (Wildman–Crippen MR) is 81.3 cm³/mol. The van der Waals surface area contributed by atoms with Crippen molar-refractivity contribution < 1.29 is 17.5 Å². The number of primary sulfonamides is 1. The molecule has 112 valence electrons. The maximum absolute atomic E-state index is 13.6. The summed E-state index contributed by atoms with van der Waals surface area (Å²) in [5.74, 6) is -0.480. The average Bonchev–Trinajstić information content (AvgIpc) is 2.38. The Morgan fingerprint density at radius 3 is 2.57 bits per heavy atom. The smallest absolute Gasteiger partial charge is 0.241 e. The average molecular weight is 395 g/mol. The minimum Gasteiger partial charge on any atom is -0.487 e. The summed E-state index contributed by atoms with van der Waals surface area (Å²) in [5, 5.41) is 5.39. The highest BCUT2D eigenvalue weighted by Crippen LogP contribution is 2.27. The van der Waals surface area contributed by atoms with Gasteiger partial charge in [0.2, 0.25) is 10.0 Å². The van der Waals surface area contributed by atoms with Crippen molar-refractivity contribution in [2.24, 2.45) is 5.14 Å². The van der Waals surface area contributed by atoms with Crippen LogP contribution in [0.5, 0.6) is 5.75 Å². The van der Waals surface area contributed by atoms with Gasteiger partial charge in [0, 0.05) is 15.1 Å². The summed E-state index contributed by atoms with van der Waals surface area (Å²) in [6.07, 6.45) is 0. The van der Waals surface area contributed by atoms with Crippen LogP contribution < -0.4 is 9.88 Å². The highest BCUT2D eigenvalue weighted by molar-refractivity contribution is 9.10. The number of halogens is 3. The second-order valence-corrected chi connectivity index (χ2v) is 7.04. The van der Waals surface area contributed by atoms with Crippen molar-refractivity contribution in [2.75, 3.05) is 0 Å². The van der Waals surface area contributed by atoms with Crippen LogP contribution in [0.2, 0.25) is 5.02 Å². The Morgan fingerprint density at radius 1 is 1.24 bits per heavy atom. The third kappa shape index (κ3) is 4.16. The Bertz CT molecular complexity index is 783. The molecule has 0 aliphatic heterocycles. The Labute approximate surface area is 134 Å². The summed E-state index contributed by atoms with van der Waals surface area (Å²) in [4.78, 5) is -0.175. The summed E-state index contributed by atoms with van der Waals surface area (Å²) in [6.45, 7) is -0.146. The molecular weight excluding hydrogens is 385 g/mol. The second-order valence-electron chi connectivity index (χ2n) is 4.16. The van der Waals surface area contributed by atoms with Crippen molar-refractivity contribution in [3.63, 3.8) is 0 Å². The van der Waals surface area contributed by atoms with Crippen molar-refractivity contribution in [1.29, 1.82) is 0 Å². The van der Waals surface area contributed by atoms with E-state index in [1.807, 2.05) is 0 Å². The van der Waals surface area contributed by atoms with Crippen molar-refractivity contribution in [2.45, 2.75) is 11.5 Å². The van der Waals surface area contributed by atoms with Crippen molar-refractivity contribution >= 4 is 37.6 Å². The van der Waals surface area contributed by atoms with Gasteiger partial charge < -0.3 is 4.74 Å². The molecule has 4 nitrogen and oxygen atoms in total. The number of rotatable bonds is 4. The Morgan fingerprint density at radius 2 is 1.95 bits per heavy atom. The molecule has 2 N–H and O–H groups in total. The molecule has 0 aromatic heterocycles. The zero-order chi connectivity index (χ0) is 15.6. The van der Waals surface area contributed by atoms with Crippen LogP contribution in [0.1, 0.15) is 5.56 Å². The molecule has 21 heavy (non-hydrogen) atoms. The van der Waals surface area contributed by atoms with E-state index in [-0.39, 0.29) is 27.8 Å². The van der Waals surface area contributed by atoms with Gasteiger partial charge in [-0.2, -0.15) is 0 Å². The van der Waals surface area contributed by atoms with Crippen molar-refractivity contribution in [3.05, 3.63) is 57.3 Å². The minimum absolute atomic E-state index is 0.0510. The lowest BCUT2D eigenvalue weighted by Crippen LogP contribution is -2.14. The molecule has 0 heterocycles. The fraction of sp³-hybridized carbons (Fsp3) is 0.0769. The lowest BCUT2D eigenvalue weighted by atomic mass is 10.2. The van der Waals surface area contributed by atoms with Crippen molar-refractivity contribution in [1.82, 2.24) is 0 Å². The number of nitrogens with two attached hydrogens (primary N) is 1. The molecule has 0 bridgehead atoms. The monoisotopic (exact) mass is 393 g/mol. The van der Waals surface area contributed by atoms with Crippen LogP contribution in [0.3, 0.4) is 0 Å². The first kappa shape index (κ1) is 16.2. The number of ether oxygens (including phenoxy) is 1. The molecule has 0 aliphatic carbocycles. The van der Waals surface area contributed by atoms with Crippen LogP contribution in [0.4, 0.5) is 4.39 Å². The van der Waals surface area contributed by atoms with Gasteiger partial charge in [-0.15, -0.1) is 0 Å². The third-order valence-electron chi connectivity index (χ3n) is 2.61. The number of benzene rings is 2. The van der Waals surface area contributed by atoms with Crippen LogP contribution in [0.15, 0.2) is 45.8 Å². The van der Waals surface area contributed by atoms with Crippen LogP contribution >= 0.6 is 27.5 Å². The lowest BCUT2D eigenvalue weighted by Gasteiger charge is -2.11. The van der Waals surface area contributed by atoms with E-state index in [9.17, 15) is 12.8 Å². The third-order valence-corrected chi connectivity index (χ3v) is 4.27. The Kier molecular flexibility index (Phi) is 4.88. The first-order chi connectivity index (χ1) is 9.77. The molecule has 0 aliphatic rings. The summed E-state index contributed by atoms with van der Waals surface area (Å²) < 4.78 is 42.6. The van der Waals surface area contributed by atoms with Crippen LogP contribution in [-0.2, 0) is 16.6 Å². The van der Waals surface area contributed by atoms with E-state index < -0.39 is 15.8 Å². The Balaban J connectivity index is 2.28. The molecule has 0 amide bonds. The van der Waals surface area contributed by atoms with Gasteiger partial charge in [-0.25, -0.2) is 17.9 Å². The second kappa shape index (κ2) is 6.31. The number of hydrogen-bond acceptors (Lipinski definition) is 3. The molecule has 8 heteroatoms. The van der Waals surface area contributed by atoms with Gasteiger partial charge in [-0.05, 0) is 30.3 Å². The normalized spacial score (nSPS) is 11.4. The standard InChI is InChI=1S/C13H10BrClFNO3S/c14-9-2-4-12(13(5-9)21(17,18)19)20-7-8-1-3-10(15)6-11(8)16/h1-6H,7H2,(H2,17,18,19). The van der Waals surface area contributed by atoms with Gasteiger partial charge in [-0.3, -0.25) is 0 Å². The number of hydrogen-bond donors (Lipinski definition) is 1. The molecule has 0 unspecified atom stereocenters. The molecule has 0 fully saturated rings. The van der Waals surface area contributed by atoms with E-state index in [1.165, 1.54) is 24.3 Å². The first-order valence-electron chi connectivity index (χ1n) is 5.66. The van der Waals surface area contributed by atoms with Crippen LogP contribution in [0.25, 0.3) is 0 Å². The van der Waals surface area contributed by atoms with E-state index in [4.69, 9.17) is 21.5 Å². The molecule has 0 saturated heterocycles. The zero-order valence-corrected chi connectivity index (χ0v) is 13.7. The van der Waals surface area contributed by atoms with Gasteiger partial charge in [0.05, 0.1) is 0 Å². The molecule has 0 radical (unpaired) electrons. The largest absolute Gasteiger partial charge is 0.487 e. The fourth-order valence-corrected chi connectivity index (χ4v) is 2.99. The van der Waals surface area contributed by atoms with E-state index >= 15 is 0 Å². The molecule has 0 spiro atoms. The summed E-state index contributed by atoms with van der Waals surface area (Å²) >= 11 is 8.81. The fourth-order valence-electron chi connectivity index (χ4n) is 1.62. The lowest BCUT2D eigenvalue weighted by molar-refractivity contribution is 0.292. The van der Waals surface area contributed by atoms with Gasteiger partial charge in [0.25, 0.3) is 0 Å². The van der Waals surface area contributed by atoms with E-state index in [0.717, 1.165) is 6.07 Å². The molecule has 2 aromatic carbocycles. The van der Waals surface area contributed by atoms with E-state index in [1.54, 1.807) is 6.07 Å². The van der Waals surface area contributed by atoms with Crippen LogP contribution in [-0.4, -0.2) is 8.42 Å². The highest BCUT2D eigenvalue weighted by atomic mass is 79.9. The Hall–Kier alpha value is -1.15. The summed E-state index contributed by atoms with van der Waals surface area (Å²) in [5.41, 5.74) is 0.252. The summed E-state index contributed by atoms with van der Waals surface area (Å²) in [6, 6.07) is 8.50. The predicted octanol–water partition coefficient (Wildman–Crippen LogP) is 3.47. The van der Waals surface area contributed by atoms with Crippen molar-refractivity contribution in [3.8, 4) is 5.75 Å². The first-order valence-corrected chi connectivity index (χ1v) is 8.38. The number of sulfonamides is 1. The highest BCUT2D eigenvalue weighted by Gasteiger charge is 2.16. The SMILES string of the molecule is NS(=O)(=O)c1cc(Br)ccc1OCc1ccc(Cl)cc1F. The molecule has 2 rings (SSSR count). The van der Waals surface area contributed by atoms with Gasteiger partial charge in [-0.1, -0.05) is 33.6 Å². The topological polar surface area (TPSA) is 69.4 Å². The molecule has 2 aromatic rings. The zero-order valence-electron chi connectivity index (χ0n) is 10.5. The van der Waals surface area contributed by atoms with Crippen LogP contribution in [0, 0.1) is 5.82 Å². The molecular formula is C13H10BrClFNO3S. The van der Waals surface area contributed by atoms with Gasteiger partial charge in [0.1, 0.15) is 23.1 Å². The quantitative estimate of drug-likeness (QED) is 0.863. The van der Waals surface area contributed by atoms with Gasteiger partial charge in [0.15, 0.2) is 0 Å². The van der Waals surface area contributed by atoms with E-state index in [2.05, 4.69) is 15.9 Å². The maximum atomic E-state index is 13.6. The summed E-state index contributed by atoms with van der Waals surface area (Å²) in [7, 11) is -3.95. The molecule has 0 atom stereocenters. The minimum atomic E-state index is -3.95.